The number of guanidine groups is 1. The Bertz CT molecular complexity index is 434. The quantitative estimate of drug-likeness (QED) is 0.670. The summed E-state index contributed by atoms with van der Waals surface area (Å²) in [5, 5.41) is 4.19. The van der Waals surface area contributed by atoms with Crippen molar-refractivity contribution in [1.82, 2.24) is 14.8 Å². The van der Waals surface area contributed by atoms with Crippen molar-refractivity contribution in [1.29, 1.82) is 0 Å². The third kappa shape index (κ3) is 3.42. The molecule has 1 N–H and O–H groups in total. The van der Waals surface area contributed by atoms with Crippen molar-refractivity contribution < 1.29 is 0 Å². The van der Waals surface area contributed by atoms with Crippen LogP contribution in [0.2, 0.25) is 5.02 Å². The van der Waals surface area contributed by atoms with Gasteiger partial charge in [-0.3, -0.25) is 4.99 Å². The molecule has 0 spiro atoms. The average Bonchev–Trinajstić information content (AvgIpc) is 3.07. The first-order valence-corrected chi connectivity index (χ1v) is 6.70. The highest BCUT2D eigenvalue weighted by Gasteiger charge is 2.21. The van der Waals surface area contributed by atoms with Gasteiger partial charge in [0.1, 0.15) is 0 Å². The molecule has 0 bridgehead atoms. The summed E-state index contributed by atoms with van der Waals surface area (Å²) in [6, 6.07) is 1.99. The summed E-state index contributed by atoms with van der Waals surface area (Å²) in [4.78, 5) is 6.43. The fourth-order valence-corrected chi connectivity index (χ4v) is 2.26. The maximum absolute atomic E-state index is 5.99. The molecule has 0 atom stereocenters. The van der Waals surface area contributed by atoms with E-state index in [1.807, 2.05) is 38.0 Å². The summed E-state index contributed by atoms with van der Waals surface area (Å²) in [6.07, 6.45) is 4.62. The predicted octanol–water partition coefficient (Wildman–Crippen LogP) is 2.10. The largest absolute Gasteiger partial charge is 0.356 e. The lowest BCUT2D eigenvalue weighted by Gasteiger charge is -2.22. The Balaban J connectivity index is 1.91. The zero-order valence-corrected chi connectivity index (χ0v) is 12.0. The summed E-state index contributed by atoms with van der Waals surface area (Å²) >= 11 is 5.99. The highest BCUT2D eigenvalue weighted by atomic mass is 35.5. The minimum atomic E-state index is 0.779. The molecule has 1 heterocycles. The van der Waals surface area contributed by atoms with Crippen LogP contribution in [0.3, 0.4) is 0 Å². The molecular weight excluding hydrogens is 248 g/mol. The molecule has 1 aliphatic rings. The first-order chi connectivity index (χ1) is 8.60. The minimum absolute atomic E-state index is 0.779. The third-order valence-corrected chi connectivity index (χ3v) is 3.50. The van der Waals surface area contributed by atoms with Gasteiger partial charge in [-0.25, -0.2) is 0 Å². The van der Waals surface area contributed by atoms with E-state index < -0.39 is 0 Å². The zero-order valence-electron chi connectivity index (χ0n) is 11.3. The molecule has 4 nitrogen and oxygen atoms in total. The molecule has 1 aromatic heterocycles. The van der Waals surface area contributed by atoms with Crippen molar-refractivity contribution >= 4 is 17.6 Å². The average molecular weight is 269 g/mol. The third-order valence-electron chi connectivity index (χ3n) is 3.29. The van der Waals surface area contributed by atoms with Crippen LogP contribution in [0.25, 0.3) is 0 Å². The molecule has 5 heteroatoms. The lowest BCUT2D eigenvalue weighted by atomic mass is 10.4. The van der Waals surface area contributed by atoms with Crippen LogP contribution in [-0.4, -0.2) is 36.1 Å². The Labute approximate surface area is 114 Å². The number of hydrogen-bond acceptors (Lipinski definition) is 1. The second-order valence-electron chi connectivity index (χ2n) is 4.99. The normalized spacial score (nSPS) is 15.9. The summed E-state index contributed by atoms with van der Waals surface area (Å²) in [7, 11) is 5.88. The SMILES string of the molecule is CN=C(NCC1CC1)N(C)Cc1cc(Cl)cn1C. The van der Waals surface area contributed by atoms with Crippen LogP contribution >= 0.6 is 11.6 Å². The molecule has 1 aliphatic carbocycles. The molecule has 100 valence electrons. The summed E-state index contributed by atoms with van der Waals surface area (Å²) < 4.78 is 2.05. The van der Waals surface area contributed by atoms with Crippen LogP contribution in [0, 0.1) is 5.92 Å². The Hall–Kier alpha value is -1.16. The molecule has 1 saturated carbocycles. The molecule has 0 saturated heterocycles. The van der Waals surface area contributed by atoms with Gasteiger partial charge in [-0.2, -0.15) is 0 Å². The molecule has 1 fully saturated rings. The molecule has 18 heavy (non-hydrogen) atoms. The molecule has 2 rings (SSSR count). The van der Waals surface area contributed by atoms with Crippen LogP contribution in [0.1, 0.15) is 18.5 Å². The smallest absolute Gasteiger partial charge is 0.193 e. The second kappa shape index (κ2) is 5.65. The highest BCUT2D eigenvalue weighted by Crippen LogP contribution is 2.27. The van der Waals surface area contributed by atoms with Crippen molar-refractivity contribution in [3.8, 4) is 0 Å². The van der Waals surface area contributed by atoms with Gasteiger partial charge in [-0.1, -0.05) is 11.6 Å². The fourth-order valence-electron chi connectivity index (χ4n) is 1.98. The van der Waals surface area contributed by atoms with E-state index in [1.54, 1.807) is 0 Å². The predicted molar refractivity (Wildman–Crippen MR) is 76.0 cm³/mol. The molecule has 0 aliphatic heterocycles. The first-order valence-electron chi connectivity index (χ1n) is 6.32. The summed E-state index contributed by atoms with van der Waals surface area (Å²) in [5.41, 5.74) is 1.18. The number of rotatable bonds is 4. The molecular formula is C13H21ClN4. The van der Waals surface area contributed by atoms with Gasteiger partial charge in [-0.05, 0) is 24.8 Å². The van der Waals surface area contributed by atoms with Gasteiger partial charge in [-0.15, -0.1) is 0 Å². The molecule has 0 radical (unpaired) electrons. The van der Waals surface area contributed by atoms with E-state index in [9.17, 15) is 0 Å². The Kier molecular flexibility index (Phi) is 4.17. The number of hydrogen-bond donors (Lipinski definition) is 1. The number of nitrogens with zero attached hydrogens (tertiary/aromatic N) is 3. The van der Waals surface area contributed by atoms with E-state index in [0.717, 1.165) is 30.0 Å². The Morgan fingerprint density at radius 1 is 1.61 bits per heavy atom. The maximum atomic E-state index is 5.99. The van der Waals surface area contributed by atoms with Gasteiger partial charge < -0.3 is 14.8 Å². The van der Waals surface area contributed by atoms with Crippen molar-refractivity contribution in [2.75, 3.05) is 20.6 Å². The van der Waals surface area contributed by atoms with Gasteiger partial charge in [0, 0.05) is 39.6 Å². The highest BCUT2D eigenvalue weighted by molar-refractivity contribution is 6.30. The number of aliphatic imine (C=N–C) groups is 1. The van der Waals surface area contributed by atoms with E-state index >= 15 is 0 Å². The Morgan fingerprint density at radius 2 is 2.33 bits per heavy atom. The van der Waals surface area contributed by atoms with E-state index in [2.05, 4.69) is 15.2 Å². The van der Waals surface area contributed by atoms with Gasteiger partial charge in [0.05, 0.1) is 11.6 Å². The van der Waals surface area contributed by atoms with E-state index in [0.29, 0.717) is 0 Å². The second-order valence-corrected chi connectivity index (χ2v) is 5.42. The number of aromatic nitrogens is 1. The van der Waals surface area contributed by atoms with Gasteiger partial charge in [0.15, 0.2) is 5.96 Å². The van der Waals surface area contributed by atoms with Crippen molar-refractivity contribution in [2.45, 2.75) is 19.4 Å². The molecule has 0 unspecified atom stereocenters. The van der Waals surface area contributed by atoms with Crippen molar-refractivity contribution in [2.24, 2.45) is 18.0 Å². The lowest BCUT2D eigenvalue weighted by Crippen LogP contribution is -2.39. The van der Waals surface area contributed by atoms with Crippen molar-refractivity contribution in [3.05, 3.63) is 23.0 Å². The van der Waals surface area contributed by atoms with Crippen LogP contribution in [0.15, 0.2) is 17.3 Å². The van der Waals surface area contributed by atoms with Gasteiger partial charge in [0.25, 0.3) is 0 Å². The summed E-state index contributed by atoms with van der Waals surface area (Å²) in [6.45, 7) is 1.83. The van der Waals surface area contributed by atoms with Crippen LogP contribution in [-0.2, 0) is 13.6 Å². The van der Waals surface area contributed by atoms with Crippen LogP contribution < -0.4 is 5.32 Å². The standard InChI is InChI=1S/C13H21ClN4/c1-15-13(16-7-10-4-5-10)18(3)9-12-6-11(14)8-17(12)2/h6,8,10H,4-5,7,9H2,1-3H3,(H,15,16). The summed E-state index contributed by atoms with van der Waals surface area (Å²) in [5.74, 6) is 1.79. The number of aryl methyl sites for hydroxylation is 1. The fraction of sp³-hybridized carbons (Fsp3) is 0.615. The Morgan fingerprint density at radius 3 is 2.83 bits per heavy atom. The lowest BCUT2D eigenvalue weighted by molar-refractivity contribution is 0.460. The van der Waals surface area contributed by atoms with E-state index in [1.165, 1.54) is 18.5 Å². The molecule has 0 aromatic carbocycles. The number of nitrogens with one attached hydrogen (secondary N) is 1. The zero-order chi connectivity index (χ0) is 13.1. The first kappa shape index (κ1) is 13.3. The maximum Gasteiger partial charge on any atom is 0.193 e. The van der Waals surface area contributed by atoms with Gasteiger partial charge >= 0.3 is 0 Å². The van der Waals surface area contributed by atoms with Gasteiger partial charge in [0.2, 0.25) is 0 Å². The van der Waals surface area contributed by atoms with Crippen molar-refractivity contribution in [3.63, 3.8) is 0 Å². The molecule has 1 aromatic rings. The number of halogens is 1. The minimum Gasteiger partial charge on any atom is -0.356 e. The van der Waals surface area contributed by atoms with E-state index in [-0.39, 0.29) is 0 Å². The van der Waals surface area contributed by atoms with E-state index in [4.69, 9.17) is 11.6 Å². The molecule has 0 amide bonds. The van der Waals surface area contributed by atoms with Crippen LogP contribution in [0.4, 0.5) is 0 Å². The van der Waals surface area contributed by atoms with Crippen LogP contribution in [0.5, 0.6) is 0 Å². The topological polar surface area (TPSA) is 32.6 Å². The monoisotopic (exact) mass is 268 g/mol.